The lowest BCUT2D eigenvalue weighted by molar-refractivity contribution is -0.119. The monoisotopic (exact) mass is 176 g/mol. The van der Waals surface area contributed by atoms with Gasteiger partial charge in [-0.2, -0.15) is 0 Å². The molecule has 2 rings (SSSR count). The van der Waals surface area contributed by atoms with Crippen LogP contribution in [-0.2, 0) is 9.53 Å². The van der Waals surface area contributed by atoms with E-state index in [0.717, 1.165) is 11.1 Å². The van der Waals surface area contributed by atoms with Crippen LogP contribution in [0.15, 0.2) is 36.0 Å². The molecule has 13 heavy (non-hydrogen) atoms. The summed E-state index contributed by atoms with van der Waals surface area (Å²) in [4.78, 5) is 11.8. The standard InChI is InChI=1S/C11H12O2/c1-3-4-9-5-8(2)6-11(7-13-11)10(9)12/h3,5-6H,1,4,7H2,2H3. The average molecular weight is 176 g/mol. The molecule has 1 unspecified atom stereocenters. The first kappa shape index (κ1) is 8.45. The van der Waals surface area contributed by atoms with E-state index < -0.39 is 5.60 Å². The van der Waals surface area contributed by atoms with Gasteiger partial charge in [-0.1, -0.05) is 17.7 Å². The maximum Gasteiger partial charge on any atom is 0.197 e. The number of carbonyl (C=O) groups is 1. The molecule has 0 bridgehead atoms. The number of Topliss-reactive ketones (excluding diaryl/α,β-unsaturated/α-hetero) is 1. The molecule has 0 radical (unpaired) electrons. The summed E-state index contributed by atoms with van der Waals surface area (Å²) in [5.41, 5.74) is 1.33. The fourth-order valence-corrected chi connectivity index (χ4v) is 1.69. The fraction of sp³-hybridized carbons (Fsp3) is 0.364. The number of allylic oxidation sites excluding steroid dienone is 3. The molecule has 0 N–H and O–H groups in total. The minimum atomic E-state index is -0.586. The minimum Gasteiger partial charge on any atom is -0.356 e. The Morgan fingerprint density at radius 3 is 3.00 bits per heavy atom. The third kappa shape index (κ3) is 1.27. The first-order valence-corrected chi connectivity index (χ1v) is 4.38. The lowest BCUT2D eigenvalue weighted by Gasteiger charge is -2.14. The van der Waals surface area contributed by atoms with Crippen molar-refractivity contribution in [2.24, 2.45) is 0 Å². The van der Waals surface area contributed by atoms with Gasteiger partial charge in [-0.15, -0.1) is 6.58 Å². The molecule has 2 nitrogen and oxygen atoms in total. The van der Waals surface area contributed by atoms with Gasteiger partial charge in [0.05, 0.1) is 6.61 Å². The molecular weight excluding hydrogens is 164 g/mol. The molecule has 1 heterocycles. The van der Waals surface area contributed by atoms with E-state index in [4.69, 9.17) is 4.74 Å². The molecule has 2 heteroatoms. The minimum absolute atomic E-state index is 0.109. The van der Waals surface area contributed by atoms with Crippen molar-refractivity contribution < 1.29 is 9.53 Å². The number of carbonyl (C=O) groups excluding carboxylic acids is 1. The first-order valence-electron chi connectivity index (χ1n) is 4.38. The topological polar surface area (TPSA) is 29.6 Å². The highest BCUT2D eigenvalue weighted by atomic mass is 16.6. The normalized spacial score (nSPS) is 31.3. The molecule has 68 valence electrons. The van der Waals surface area contributed by atoms with Crippen LogP contribution in [0.4, 0.5) is 0 Å². The Hall–Kier alpha value is -1.15. The number of hydrogen-bond acceptors (Lipinski definition) is 2. The van der Waals surface area contributed by atoms with Crippen LogP contribution >= 0.6 is 0 Å². The lowest BCUT2D eigenvalue weighted by Crippen LogP contribution is -2.26. The van der Waals surface area contributed by atoms with E-state index in [1.165, 1.54) is 0 Å². The Morgan fingerprint density at radius 2 is 2.46 bits per heavy atom. The van der Waals surface area contributed by atoms with Gasteiger partial charge < -0.3 is 4.74 Å². The van der Waals surface area contributed by atoms with Gasteiger partial charge in [0.1, 0.15) is 0 Å². The zero-order valence-corrected chi connectivity index (χ0v) is 7.67. The van der Waals surface area contributed by atoms with E-state index in [9.17, 15) is 4.79 Å². The average Bonchev–Trinajstić information content (AvgIpc) is 2.81. The SMILES string of the molecule is C=CCC1=CC(C)=CC2(CO2)C1=O. The van der Waals surface area contributed by atoms with E-state index in [1.807, 2.05) is 19.1 Å². The van der Waals surface area contributed by atoms with Crippen molar-refractivity contribution in [3.8, 4) is 0 Å². The number of ketones is 1. The van der Waals surface area contributed by atoms with Crippen molar-refractivity contribution in [2.75, 3.05) is 6.61 Å². The van der Waals surface area contributed by atoms with Crippen molar-refractivity contribution in [1.29, 1.82) is 0 Å². The van der Waals surface area contributed by atoms with Crippen LogP contribution in [0.25, 0.3) is 0 Å². The maximum absolute atomic E-state index is 11.8. The molecule has 0 amide bonds. The summed E-state index contributed by atoms with van der Waals surface area (Å²) < 4.78 is 5.20. The Morgan fingerprint density at radius 1 is 1.77 bits per heavy atom. The maximum atomic E-state index is 11.8. The van der Waals surface area contributed by atoms with Crippen molar-refractivity contribution >= 4 is 5.78 Å². The molecule has 1 aliphatic heterocycles. The van der Waals surface area contributed by atoms with E-state index in [2.05, 4.69) is 6.58 Å². The van der Waals surface area contributed by atoms with Crippen LogP contribution in [0.2, 0.25) is 0 Å². The van der Waals surface area contributed by atoms with Crippen molar-refractivity contribution in [3.05, 3.63) is 36.0 Å². The molecular formula is C11H12O2. The third-order valence-corrected chi connectivity index (χ3v) is 2.36. The van der Waals surface area contributed by atoms with Gasteiger partial charge in [0, 0.05) is 5.57 Å². The molecule has 1 aliphatic carbocycles. The largest absolute Gasteiger partial charge is 0.356 e. The van der Waals surface area contributed by atoms with Gasteiger partial charge in [0.15, 0.2) is 11.4 Å². The van der Waals surface area contributed by atoms with E-state index in [0.29, 0.717) is 13.0 Å². The molecule has 2 aliphatic rings. The summed E-state index contributed by atoms with van der Waals surface area (Å²) in [5, 5.41) is 0. The molecule has 0 aromatic heterocycles. The smallest absolute Gasteiger partial charge is 0.197 e. The molecule has 1 saturated heterocycles. The van der Waals surface area contributed by atoms with E-state index in [1.54, 1.807) is 6.08 Å². The van der Waals surface area contributed by atoms with Gasteiger partial charge in [-0.05, 0) is 19.4 Å². The molecule has 1 atom stereocenters. The Bertz CT molecular complexity index is 330. The van der Waals surface area contributed by atoms with Crippen LogP contribution in [0.5, 0.6) is 0 Å². The lowest BCUT2D eigenvalue weighted by atomic mass is 9.88. The van der Waals surface area contributed by atoms with E-state index in [-0.39, 0.29) is 5.78 Å². The first-order chi connectivity index (χ1) is 6.18. The highest BCUT2D eigenvalue weighted by molar-refractivity contribution is 6.07. The van der Waals surface area contributed by atoms with Crippen LogP contribution < -0.4 is 0 Å². The zero-order valence-electron chi connectivity index (χ0n) is 7.67. The van der Waals surface area contributed by atoms with Gasteiger partial charge in [-0.3, -0.25) is 4.79 Å². The third-order valence-electron chi connectivity index (χ3n) is 2.36. The molecule has 0 saturated carbocycles. The Labute approximate surface area is 77.6 Å². The summed E-state index contributed by atoms with van der Waals surface area (Å²) >= 11 is 0. The van der Waals surface area contributed by atoms with Crippen LogP contribution in [0.1, 0.15) is 13.3 Å². The molecule has 1 spiro atoms. The van der Waals surface area contributed by atoms with Crippen LogP contribution in [0, 0.1) is 0 Å². The Kier molecular flexibility index (Phi) is 1.74. The van der Waals surface area contributed by atoms with Gasteiger partial charge >= 0.3 is 0 Å². The number of rotatable bonds is 2. The van der Waals surface area contributed by atoms with Crippen molar-refractivity contribution in [3.63, 3.8) is 0 Å². The predicted molar refractivity (Wildman–Crippen MR) is 50.3 cm³/mol. The molecule has 0 aromatic rings. The zero-order chi connectivity index (χ0) is 9.47. The highest BCUT2D eigenvalue weighted by Gasteiger charge is 2.52. The van der Waals surface area contributed by atoms with E-state index >= 15 is 0 Å². The Balaban J connectivity index is 2.32. The summed E-state index contributed by atoms with van der Waals surface area (Å²) in [6.07, 6.45) is 6.20. The summed E-state index contributed by atoms with van der Waals surface area (Å²) in [6, 6.07) is 0. The van der Waals surface area contributed by atoms with Gasteiger partial charge in [0.2, 0.25) is 0 Å². The second-order valence-electron chi connectivity index (χ2n) is 3.56. The van der Waals surface area contributed by atoms with Gasteiger partial charge in [-0.25, -0.2) is 0 Å². The number of hydrogen-bond donors (Lipinski definition) is 0. The summed E-state index contributed by atoms with van der Waals surface area (Å²) in [6.45, 7) is 6.15. The second kappa shape index (κ2) is 2.67. The molecule has 1 fully saturated rings. The molecule has 0 aromatic carbocycles. The number of ether oxygens (including phenoxy) is 1. The van der Waals surface area contributed by atoms with Crippen LogP contribution in [-0.4, -0.2) is 18.0 Å². The number of epoxide rings is 1. The second-order valence-corrected chi connectivity index (χ2v) is 3.56. The van der Waals surface area contributed by atoms with Crippen molar-refractivity contribution in [1.82, 2.24) is 0 Å². The highest BCUT2D eigenvalue weighted by Crippen LogP contribution is 2.37. The predicted octanol–water partition coefficient (Wildman–Crippen LogP) is 1.79. The quantitative estimate of drug-likeness (QED) is 0.474. The summed E-state index contributed by atoms with van der Waals surface area (Å²) in [7, 11) is 0. The van der Waals surface area contributed by atoms with Gasteiger partial charge in [0.25, 0.3) is 0 Å². The summed E-state index contributed by atoms with van der Waals surface area (Å²) in [5.74, 6) is 0.109. The van der Waals surface area contributed by atoms with Crippen molar-refractivity contribution in [2.45, 2.75) is 18.9 Å². The fourth-order valence-electron chi connectivity index (χ4n) is 1.69. The van der Waals surface area contributed by atoms with Crippen LogP contribution in [0.3, 0.4) is 0 Å².